The first-order valence-electron chi connectivity index (χ1n) is 9.38. The van der Waals surface area contributed by atoms with Gasteiger partial charge in [-0.25, -0.2) is 13.2 Å². The van der Waals surface area contributed by atoms with E-state index in [2.05, 4.69) is 10.6 Å². The van der Waals surface area contributed by atoms with Gasteiger partial charge < -0.3 is 10.6 Å². The highest BCUT2D eigenvalue weighted by Gasteiger charge is 2.48. The van der Waals surface area contributed by atoms with E-state index in [1.165, 1.54) is 31.4 Å². The van der Waals surface area contributed by atoms with Gasteiger partial charge in [-0.1, -0.05) is 18.6 Å². The van der Waals surface area contributed by atoms with Gasteiger partial charge in [0.05, 0.1) is 17.4 Å². The van der Waals surface area contributed by atoms with Crippen molar-refractivity contribution in [2.24, 2.45) is 5.41 Å². The average Bonchev–Trinajstić information content (AvgIpc) is 2.51. The van der Waals surface area contributed by atoms with Crippen LogP contribution in [0.5, 0.6) is 0 Å². The molecule has 2 amide bonds. The van der Waals surface area contributed by atoms with Crippen LogP contribution in [0.25, 0.3) is 0 Å². The molecule has 5 nitrogen and oxygen atoms in total. The molecule has 1 spiro atoms. The molecule has 9 heteroatoms. The van der Waals surface area contributed by atoms with Crippen molar-refractivity contribution in [3.8, 4) is 0 Å². The van der Waals surface area contributed by atoms with Gasteiger partial charge in [-0.15, -0.1) is 0 Å². The van der Waals surface area contributed by atoms with E-state index >= 15 is 0 Å². The predicted octanol–water partition coefficient (Wildman–Crippen LogP) is 3.81. The number of urea groups is 1. The molecule has 3 rings (SSSR count). The minimum absolute atomic E-state index is 0.00215. The summed E-state index contributed by atoms with van der Waals surface area (Å²) in [6.45, 7) is 0. The first kappa shape index (κ1) is 21.0. The van der Waals surface area contributed by atoms with E-state index in [-0.39, 0.29) is 23.8 Å². The number of carbonyl (C=O) groups is 1. The van der Waals surface area contributed by atoms with Gasteiger partial charge in [0.2, 0.25) is 0 Å². The Morgan fingerprint density at radius 3 is 2.50 bits per heavy atom. The predicted molar refractivity (Wildman–Crippen MR) is 99.5 cm³/mol. The summed E-state index contributed by atoms with van der Waals surface area (Å²) in [4.78, 5) is 12.4. The van der Waals surface area contributed by atoms with Crippen molar-refractivity contribution in [2.45, 2.75) is 56.8 Å². The second-order valence-electron chi connectivity index (χ2n) is 8.17. The Balaban J connectivity index is 1.67. The van der Waals surface area contributed by atoms with Crippen molar-refractivity contribution in [1.29, 1.82) is 0 Å². The van der Waals surface area contributed by atoms with Crippen molar-refractivity contribution in [3.63, 3.8) is 0 Å². The number of rotatable bonds is 6. The Hall–Kier alpha value is -1.77. The quantitative estimate of drug-likeness (QED) is 0.738. The van der Waals surface area contributed by atoms with E-state index < -0.39 is 33.6 Å². The van der Waals surface area contributed by atoms with E-state index in [0.717, 1.165) is 31.2 Å². The average molecular weight is 418 g/mol. The number of hydrogen-bond acceptors (Lipinski definition) is 3. The van der Waals surface area contributed by atoms with Crippen LogP contribution in [0.2, 0.25) is 0 Å². The third kappa shape index (κ3) is 5.18. The largest absolute Gasteiger partial charge is 0.416 e. The Bertz CT molecular complexity index is 827. The van der Waals surface area contributed by atoms with Gasteiger partial charge in [-0.2, -0.15) is 13.2 Å². The van der Waals surface area contributed by atoms with Gasteiger partial charge in [-0.05, 0) is 55.2 Å². The fourth-order valence-corrected chi connectivity index (χ4v) is 4.81. The van der Waals surface area contributed by atoms with Crippen LogP contribution in [0, 0.1) is 5.41 Å². The molecule has 1 unspecified atom stereocenters. The van der Waals surface area contributed by atoms with Crippen LogP contribution >= 0.6 is 0 Å². The Morgan fingerprint density at radius 1 is 1.29 bits per heavy atom. The van der Waals surface area contributed by atoms with Crippen molar-refractivity contribution in [1.82, 2.24) is 10.6 Å². The molecule has 0 aliphatic heterocycles. The first-order valence-corrected chi connectivity index (χ1v) is 11.4. The zero-order valence-corrected chi connectivity index (χ0v) is 16.5. The van der Waals surface area contributed by atoms with E-state index in [1.54, 1.807) is 0 Å². The molecule has 2 aliphatic rings. The zero-order chi connectivity index (χ0) is 20.6. The number of benzene rings is 1. The molecule has 2 fully saturated rings. The number of hydrogen-bond donors (Lipinski definition) is 2. The summed E-state index contributed by atoms with van der Waals surface area (Å²) in [6.07, 6.45) is 2.01. The summed E-state index contributed by atoms with van der Waals surface area (Å²) < 4.78 is 62.1. The number of amides is 2. The molecule has 2 aliphatic carbocycles. The maximum absolute atomic E-state index is 13.0. The maximum Gasteiger partial charge on any atom is 0.416 e. The second kappa shape index (κ2) is 7.57. The van der Waals surface area contributed by atoms with Crippen LogP contribution in [-0.2, 0) is 16.0 Å². The molecule has 1 aromatic carbocycles. The summed E-state index contributed by atoms with van der Waals surface area (Å²) in [7, 11) is -3.32. The number of carbonyl (C=O) groups excluding carboxylic acids is 1. The molecule has 0 radical (unpaired) electrons. The van der Waals surface area contributed by atoms with Gasteiger partial charge in [0.1, 0.15) is 9.84 Å². The van der Waals surface area contributed by atoms with Gasteiger partial charge in [-0.3, -0.25) is 0 Å². The SMILES string of the molecule is CS(=O)(=O)CCC(NC(=O)NC1CC2(CCC2)C1)c1cccc(C(F)(F)F)c1. The number of halogens is 3. The molecule has 156 valence electrons. The highest BCUT2D eigenvalue weighted by Crippen LogP contribution is 2.55. The summed E-state index contributed by atoms with van der Waals surface area (Å²) in [5.74, 6) is -0.235. The molecule has 1 atom stereocenters. The van der Waals surface area contributed by atoms with Gasteiger partial charge in [0.15, 0.2) is 0 Å². The highest BCUT2D eigenvalue weighted by atomic mass is 32.2. The lowest BCUT2D eigenvalue weighted by molar-refractivity contribution is -0.137. The number of sulfone groups is 1. The summed E-state index contributed by atoms with van der Waals surface area (Å²) >= 11 is 0. The Morgan fingerprint density at radius 2 is 1.96 bits per heavy atom. The van der Waals surface area contributed by atoms with Crippen LogP contribution < -0.4 is 10.6 Å². The Kier molecular flexibility index (Phi) is 5.67. The van der Waals surface area contributed by atoms with Crippen LogP contribution in [0.4, 0.5) is 18.0 Å². The third-order valence-corrected chi connectivity index (χ3v) is 6.78. The molecule has 2 saturated carbocycles. The smallest absolute Gasteiger partial charge is 0.335 e. The first-order chi connectivity index (χ1) is 13.0. The van der Waals surface area contributed by atoms with Crippen molar-refractivity contribution in [3.05, 3.63) is 35.4 Å². The minimum Gasteiger partial charge on any atom is -0.335 e. The third-order valence-electron chi connectivity index (χ3n) is 5.81. The standard InChI is InChI=1S/C19H25F3N2O3S/c1-28(26,27)9-6-16(13-4-2-5-14(10-13)19(20,21)22)24-17(25)23-15-11-18(12-15)7-3-8-18/h2,4-5,10,15-16H,3,6-9,11-12H2,1H3,(H2,23,24,25). The molecule has 0 heterocycles. The molecule has 28 heavy (non-hydrogen) atoms. The number of alkyl halides is 3. The Labute approximate surface area is 163 Å². The molecule has 1 aromatic rings. The fraction of sp³-hybridized carbons (Fsp3) is 0.632. The molecule has 2 N–H and O–H groups in total. The molecular formula is C19H25F3N2O3S. The lowest BCUT2D eigenvalue weighted by atomic mass is 9.54. The molecule has 0 saturated heterocycles. The van der Waals surface area contributed by atoms with Crippen molar-refractivity contribution < 1.29 is 26.4 Å². The van der Waals surface area contributed by atoms with Crippen LogP contribution in [0.15, 0.2) is 24.3 Å². The summed E-state index contributed by atoms with van der Waals surface area (Å²) in [6, 6.07) is 3.40. The fourth-order valence-electron chi connectivity index (χ4n) is 4.14. The lowest BCUT2D eigenvalue weighted by Crippen LogP contribution is -2.55. The normalized spacial score (nSPS) is 20.1. The van der Waals surface area contributed by atoms with Crippen molar-refractivity contribution >= 4 is 15.9 Å². The molecular weight excluding hydrogens is 393 g/mol. The maximum atomic E-state index is 13.0. The van der Waals surface area contributed by atoms with Crippen molar-refractivity contribution in [2.75, 3.05) is 12.0 Å². The van der Waals surface area contributed by atoms with Crippen LogP contribution in [-0.4, -0.2) is 32.5 Å². The highest BCUT2D eigenvalue weighted by molar-refractivity contribution is 7.90. The lowest BCUT2D eigenvalue weighted by Gasteiger charge is -2.54. The summed E-state index contributed by atoms with van der Waals surface area (Å²) in [5, 5.41) is 5.53. The van der Waals surface area contributed by atoms with Crippen LogP contribution in [0.1, 0.15) is 55.7 Å². The zero-order valence-electron chi connectivity index (χ0n) is 15.7. The van der Waals surface area contributed by atoms with E-state index in [1.807, 2.05) is 0 Å². The van der Waals surface area contributed by atoms with Gasteiger partial charge in [0, 0.05) is 12.3 Å². The molecule has 0 bridgehead atoms. The van der Waals surface area contributed by atoms with E-state index in [9.17, 15) is 26.4 Å². The monoisotopic (exact) mass is 418 g/mol. The topological polar surface area (TPSA) is 75.3 Å². The van der Waals surface area contributed by atoms with Crippen LogP contribution in [0.3, 0.4) is 0 Å². The molecule has 0 aromatic heterocycles. The second-order valence-corrected chi connectivity index (χ2v) is 10.4. The summed E-state index contributed by atoms with van der Waals surface area (Å²) in [5.41, 5.74) is -0.213. The minimum atomic E-state index is -4.51. The van der Waals surface area contributed by atoms with Gasteiger partial charge in [0.25, 0.3) is 0 Å². The van der Waals surface area contributed by atoms with Gasteiger partial charge >= 0.3 is 12.2 Å². The number of nitrogens with one attached hydrogen (secondary N) is 2. The van der Waals surface area contributed by atoms with E-state index in [0.29, 0.717) is 5.41 Å². The van der Waals surface area contributed by atoms with E-state index in [4.69, 9.17) is 0 Å².